The zero-order chi connectivity index (χ0) is 7.26. The summed E-state index contributed by atoms with van der Waals surface area (Å²) < 4.78 is 5.49. The SMILES string of the molecule is [C]1C=C2OC1c1ccccc12. The number of benzene rings is 1. The molecule has 2 aliphatic rings. The van der Waals surface area contributed by atoms with Gasteiger partial charge in [-0.15, -0.1) is 0 Å². The van der Waals surface area contributed by atoms with E-state index in [-0.39, 0.29) is 6.10 Å². The highest BCUT2D eigenvalue weighted by Crippen LogP contribution is 2.44. The molecule has 2 radical (unpaired) electrons. The lowest BCUT2D eigenvalue weighted by atomic mass is 9.98. The summed E-state index contributed by atoms with van der Waals surface area (Å²) in [6.07, 6.45) is 5.14. The van der Waals surface area contributed by atoms with Gasteiger partial charge in [-0.2, -0.15) is 0 Å². The first-order chi connectivity index (χ1) is 5.45. The Balaban J connectivity index is 2.33. The van der Waals surface area contributed by atoms with Crippen LogP contribution in [0.3, 0.4) is 0 Å². The Hall–Kier alpha value is -1.24. The molecule has 1 nitrogen and oxygen atoms in total. The van der Waals surface area contributed by atoms with Crippen molar-refractivity contribution in [2.24, 2.45) is 0 Å². The molecular formula is C10H6O. The van der Waals surface area contributed by atoms with E-state index < -0.39 is 0 Å². The summed E-state index contributed by atoms with van der Waals surface area (Å²) in [4.78, 5) is 0. The Labute approximate surface area is 65.3 Å². The van der Waals surface area contributed by atoms with E-state index in [1.165, 1.54) is 11.1 Å². The maximum atomic E-state index is 5.49. The van der Waals surface area contributed by atoms with Crippen LogP contribution in [-0.4, -0.2) is 0 Å². The van der Waals surface area contributed by atoms with Crippen molar-refractivity contribution in [3.63, 3.8) is 0 Å². The molecule has 1 aromatic rings. The summed E-state index contributed by atoms with van der Waals surface area (Å²) in [7, 11) is 0. The molecule has 1 aromatic carbocycles. The fraction of sp³-hybridized carbons (Fsp3) is 0.100. The maximum Gasteiger partial charge on any atom is 0.136 e. The lowest BCUT2D eigenvalue weighted by molar-refractivity contribution is 0.241. The first-order valence-electron chi connectivity index (χ1n) is 3.67. The maximum absolute atomic E-state index is 5.49. The van der Waals surface area contributed by atoms with E-state index in [4.69, 9.17) is 4.74 Å². The van der Waals surface area contributed by atoms with Crippen molar-refractivity contribution in [3.8, 4) is 0 Å². The lowest BCUT2D eigenvalue weighted by Gasteiger charge is -2.03. The molecule has 0 fully saturated rings. The minimum Gasteiger partial charge on any atom is -0.484 e. The quantitative estimate of drug-likeness (QED) is 0.539. The summed E-state index contributed by atoms with van der Waals surface area (Å²) in [5.41, 5.74) is 2.49. The Morgan fingerprint density at radius 3 is 3.09 bits per heavy atom. The van der Waals surface area contributed by atoms with Crippen molar-refractivity contribution in [3.05, 3.63) is 47.9 Å². The Kier molecular flexibility index (Phi) is 0.823. The second kappa shape index (κ2) is 1.67. The number of fused-ring (bicyclic) bond motifs is 5. The van der Waals surface area contributed by atoms with E-state index in [2.05, 4.69) is 18.6 Å². The van der Waals surface area contributed by atoms with E-state index in [9.17, 15) is 0 Å². The third kappa shape index (κ3) is 0.559. The molecule has 0 spiro atoms. The first kappa shape index (κ1) is 5.42. The molecule has 2 aliphatic heterocycles. The third-order valence-corrected chi connectivity index (χ3v) is 2.12. The van der Waals surface area contributed by atoms with Gasteiger partial charge in [-0.1, -0.05) is 24.3 Å². The van der Waals surface area contributed by atoms with E-state index in [1.807, 2.05) is 18.2 Å². The zero-order valence-electron chi connectivity index (χ0n) is 5.87. The average molecular weight is 142 g/mol. The molecular weight excluding hydrogens is 136 g/mol. The highest BCUT2D eigenvalue weighted by Gasteiger charge is 2.32. The number of hydrogen-bond donors (Lipinski definition) is 0. The minimum atomic E-state index is 0.0844. The van der Waals surface area contributed by atoms with Crippen LogP contribution in [0.5, 0.6) is 0 Å². The van der Waals surface area contributed by atoms with Crippen molar-refractivity contribution in [2.75, 3.05) is 0 Å². The largest absolute Gasteiger partial charge is 0.484 e. The van der Waals surface area contributed by atoms with Gasteiger partial charge >= 0.3 is 0 Å². The Bertz CT molecular complexity index is 338. The Morgan fingerprint density at radius 2 is 2.18 bits per heavy atom. The van der Waals surface area contributed by atoms with Crippen molar-refractivity contribution < 1.29 is 4.74 Å². The van der Waals surface area contributed by atoms with Crippen LogP contribution in [0.2, 0.25) is 0 Å². The molecule has 3 rings (SSSR count). The minimum absolute atomic E-state index is 0.0844. The van der Waals surface area contributed by atoms with Crippen molar-refractivity contribution in [1.29, 1.82) is 0 Å². The molecule has 1 heteroatoms. The number of hydrogen-bond acceptors (Lipinski definition) is 1. The fourth-order valence-electron chi connectivity index (χ4n) is 1.59. The summed E-state index contributed by atoms with van der Waals surface area (Å²) in [6, 6.07) is 8.24. The van der Waals surface area contributed by atoms with Crippen molar-refractivity contribution in [2.45, 2.75) is 6.10 Å². The van der Waals surface area contributed by atoms with Crippen molar-refractivity contribution in [1.82, 2.24) is 0 Å². The van der Waals surface area contributed by atoms with Crippen LogP contribution in [0.15, 0.2) is 30.3 Å². The molecule has 2 bridgehead atoms. The topological polar surface area (TPSA) is 9.23 Å². The number of rotatable bonds is 0. The number of ether oxygens (including phenoxy) is 1. The van der Waals surface area contributed by atoms with Gasteiger partial charge in [0.1, 0.15) is 11.9 Å². The molecule has 0 N–H and O–H groups in total. The van der Waals surface area contributed by atoms with E-state index in [0.717, 1.165) is 5.76 Å². The fourth-order valence-corrected chi connectivity index (χ4v) is 1.59. The second-order valence-electron chi connectivity index (χ2n) is 2.76. The molecule has 0 saturated heterocycles. The predicted octanol–water partition coefficient (Wildman–Crippen LogP) is 2.19. The molecule has 11 heavy (non-hydrogen) atoms. The smallest absolute Gasteiger partial charge is 0.136 e. The van der Waals surface area contributed by atoms with Gasteiger partial charge in [-0.05, 0) is 6.08 Å². The first-order valence-corrected chi connectivity index (χ1v) is 3.67. The highest BCUT2D eigenvalue weighted by atomic mass is 16.5. The van der Waals surface area contributed by atoms with Crippen LogP contribution in [0.1, 0.15) is 17.2 Å². The van der Waals surface area contributed by atoms with Crippen LogP contribution < -0.4 is 0 Å². The summed E-state index contributed by atoms with van der Waals surface area (Å²) in [5, 5.41) is 0. The van der Waals surface area contributed by atoms with Crippen LogP contribution >= 0.6 is 0 Å². The van der Waals surface area contributed by atoms with Crippen LogP contribution in [-0.2, 0) is 4.74 Å². The van der Waals surface area contributed by atoms with E-state index >= 15 is 0 Å². The predicted molar refractivity (Wildman–Crippen MR) is 41.5 cm³/mol. The normalized spacial score (nSPS) is 24.4. The van der Waals surface area contributed by atoms with Gasteiger partial charge in [-0.3, -0.25) is 0 Å². The monoisotopic (exact) mass is 142 g/mol. The molecule has 0 saturated carbocycles. The Morgan fingerprint density at radius 1 is 1.27 bits per heavy atom. The molecule has 0 aliphatic carbocycles. The van der Waals surface area contributed by atoms with Crippen molar-refractivity contribution >= 4 is 5.76 Å². The van der Waals surface area contributed by atoms with E-state index in [0.29, 0.717) is 0 Å². The van der Waals surface area contributed by atoms with Gasteiger partial charge in [0.25, 0.3) is 0 Å². The van der Waals surface area contributed by atoms with Gasteiger partial charge in [0.2, 0.25) is 0 Å². The summed E-state index contributed by atoms with van der Waals surface area (Å²) >= 11 is 0. The third-order valence-electron chi connectivity index (χ3n) is 2.12. The highest BCUT2D eigenvalue weighted by molar-refractivity contribution is 5.72. The standard InChI is InChI=1S/C10H6O/c1-2-4-8-7(3-1)9-5-6-10(8)11-9/h1-5,10H. The van der Waals surface area contributed by atoms with Gasteiger partial charge in [0.05, 0.1) is 6.42 Å². The van der Waals surface area contributed by atoms with Crippen LogP contribution in [0.25, 0.3) is 5.76 Å². The van der Waals surface area contributed by atoms with E-state index in [1.54, 1.807) is 0 Å². The van der Waals surface area contributed by atoms with Gasteiger partial charge in [0.15, 0.2) is 0 Å². The molecule has 52 valence electrons. The molecule has 0 aromatic heterocycles. The van der Waals surface area contributed by atoms with Gasteiger partial charge in [0, 0.05) is 11.1 Å². The zero-order valence-corrected chi connectivity index (χ0v) is 5.87. The average Bonchev–Trinajstić information content (AvgIpc) is 2.64. The van der Waals surface area contributed by atoms with Gasteiger partial charge < -0.3 is 4.74 Å². The summed E-state index contributed by atoms with van der Waals surface area (Å²) in [5.74, 6) is 0.977. The molecule has 2 heterocycles. The van der Waals surface area contributed by atoms with Crippen LogP contribution in [0.4, 0.5) is 0 Å². The van der Waals surface area contributed by atoms with Crippen LogP contribution in [0, 0.1) is 6.42 Å². The van der Waals surface area contributed by atoms with Gasteiger partial charge in [-0.25, -0.2) is 0 Å². The molecule has 1 atom stereocenters. The summed E-state index contributed by atoms with van der Waals surface area (Å²) in [6.45, 7) is 0. The second-order valence-corrected chi connectivity index (χ2v) is 2.76. The molecule has 0 amide bonds. The molecule has 1 unspecified atom stereocenters. The lowest BCUT2D eigenvalue weighted by Crippen LogP contribution is -1.92.